The van der Waals surface area contributed by atoms with E-state index >= 15 is 0 Å². The monoisotopic (exact) mass is 402 g/mol. The van der Waals surface area contributed by atoms with Crippen LogP contribution in [-0.4, -0.2) is 83.5 Å². The molecule has 3 aliphatic heterocycles. The van der Waals surface area contributed by atoms with E-state index < -0.39 is 25.1 Å². The van der Waals surface area contributed by atoms with Crippen LogP contribution in [0.3, 0.4) is 0 Å². The first-order valence-electron chi connectivity index (χ1n) is 8.48. The van der Waals surface area contributed by atoms with Crippen LogP contribution in [0.15, 0.2) is 23.1 Å². The van der Waals surface area contributed by atoms with Crippen molar-refractivity contribution in [3.8, 4) is 11.5 Å². The SMILES string of the molecule is CN(C)[C@H]1CS(=O)(=O)[C@H]2CN(S(=O)(=O)c3cccc4c3OCCO4)C[C@@H]12. The highest BCUT2D eigenvalue weighted by molar-refractivity contribution is 7.92. The standard InChI is InChI=1S/C16H22N2O6S2/c1-17(2)12-10-25(19,20)15-9-18(8-11(12)15)26(21,22)14-5-3-4-13-16(14)24-7-6-23-13/h3-5,11-12,15H,6-10H2,1-2H3/t11-,12-,15-/m0/s1. The summed E-state index contributed by atoms with van der Waals surface area (Å²) in [7, 11) is -3.53. The van der Waals surface area contributed by atoms with Crippen LogP contribution >= 0.6 is 0 Å². The topological polar surface area (TPSA) is 93.2 Å². The molecule has 0 bridgehead atoms. The number of hydrogen-bond acceptors (Lipinski definition) is 7. The number of ether oxygens (including phenoxy) is 2. The van der Waals surface area contributed by atoms with Crippen molar-refractivity contribution in [3.63, 3.8) is 0 Å². The Morgan fingerprint density at radius 1 is 1.15 bits per heavy atom. The Morgan fingerprint density at radius 2 is 1.88 bits per heavy atom. The molecule has 0 aromatic heterocycles. The highest BCUT2D eigenvalue weighted by atomic mass is 32.2. The minimum absolute atomic E-state index is 0.00972. The number of benzene rings is 1. The van der Waals surface area contributed by atoms with E-state index in [2.05, 4.69) is 0 Å². The molecule has 144 valence electrons. The molecule has 4 rings (SSSR count). The third kappa shape index (κ3) is 2.70. The first-order chi connectivity index (χ1) is 12.2. The van der Waals surface area contributed by atoms with Crippen LogP contribution < -0.4 is 9.47 Å². The van der Waals surface area contributed by atoms with Gasteiger partial charge in [0, 0.05) is 25.0 Å². The third-order valence-corrected chi connectivity index (χ3v) is 9.53. The molecule has 10 heteroatoms. The number of rotatable bonds is 3. The van der Waals surface area contributed by atoms with E-state index in [1.807, 2.05) is 19.0 Å². The van der Waals surface area contributed by atoms with Crippen molar-refractivity contribution in [2.45, 2.75) is 16.2 Å². The lowest BCUT2D eigenvalue weighted by Crippen LogP contribution is -2.38. The summed E-state index contributed by atoms with van der Waals surface area (Å²) in [6.07, 6.45) is 0. The molecule has 0 amide bonds. The number of nitrogens with zero attached hydrogens (tertiary/aromatic N) is 2. The van der Waals surface area contributed by atoms with E-state index in [1.54, 1.807) is 12.1 Å². The van der Waals surface area contributed by atoms with Crippen molar-refractivity contribution in [2.75, 3.05) is 46.2 Å². The molecule has 0 spiro atoms. The predicted octanol–water partition coefficient (Wildman–Crippen LogP) is -0.194. The molecule has 2 fully saturated rings. The zero-order valence-electron chi connectivity index (χ0n) is 14.7. The molecular weight excluding hydrogens is 380 g/mol. The second kappa shape index (κ2) is 6.08. The van der Waals surface area contributed by atoms with Crippen molar-refractivity contribution in [3.05, 3.63) is 18.2 Å². The van der Waals surface area contributed by atoms with Crippen molar-refractivity contribution in [2.24, 2.45) is 5.92 Å². The van der Waals surface area contributed by atoms with E-state index in [0.717, 1.165) is 0 Å². The van der Waals surface area contributed by atoms with Gasteiger partial charge in [-0.25, -0.2) is 16.8 Å². The van der Waals surface area contributed by atoms with Gasteiger partial charge in [0.25, 0.3) is 0 Å². The second-order valence-corrected chi connectivity index (χ2v) is 11.3. The van der Waals surface area contributed by atoms with Gasteiger partial charge in [0.05, 0.1) is 11.0 Å². The largest absolute Gasteiger partial charge is 0.486 e. The molecule has 1 aromatic carbocycles. The summed E-state index contributed by atoms with van der Waals surface area (Å²) in [6.45, 7) is 0.832. The highest BCUT2D eigenvalue weighted by Crippen LogP contribution is 2.42. The van der Waals surface area contributed by atoms with Crippen LogP contribution in [0.1, 0.15) is 0 Å². The van der Waals surface area contributed by atoms with E-state index in [1.165, 1.54) is 10.4 Å². The summed E-state index contributed by atoms with van der Waals surface area (Å²) in [6, 6.07) is 4.58. The van der Waals surface area contributed by atoms with Crippen molar-refractivity contribution >= 4 is 19.9 Å². The van der Waals surface area contributed by atoms with Crippen molar-refractivity contribution < 1.29 is 26.3 Å². The molecular formula is C16H22N2O6S2. The lowest BCUT2D eigenvalue weighted by molar-refractivity contribution is 0.166. The smallest absolute Gasteiger partial charge is 0.246 e. The van der Waals surface area contributed by atoms with Crippen LogP contribution in [0.4, 0.5) is 0 Å². The van der Waals surface area contributed by atoms with E-state index in [9.17, 15) is 16.8 Å². The summed E-state index contributed by atoms with van der Waals surface area (Å²) < 4.78 is 63.7. The van der Waals surface area contributed by atoms with Gasteiger partial charge in [-0.1, -0.05) is 6.07 Å². The molecule has 1 aromatic rings. The molecule has 0 aliphatic carbocycles. The van der Waals surface area contributed by atoms with Crippen LogP contribution in [0.2, 0.25) is 0 Å². The fourth-order valence-electron chi connectivity index (χ4n) is 4.12. The predicted molar refractivity (Wildman–Crippen MR) is 94.7 cm³/mol. The van der Waals surface area contributed by atoms with Gasteiger partial charge in [-0.15, -0.1) is 0 Å². The van der Waals surface area contributed by atoms with Crippen molar-refractivity contribution in [1.29, 1.82) is 0 Å². The Kier molecular flexibility index (Phi) is 4.22. The molecule has 3 atom stereocenters. The van der Waals surface area contributed by atoms with Gasteiger partial charge in [-0.3, -0.25) is 0 Å². The fraction of sp³-hybridized carbons (Fsp3) is 0.625. The first-order valence-corrected chi connectivity index (χ1v) is 11.6. The number of hydrogen-bond donors (Lipinski definition) is 0. The lowest BCUT2D eigenvalue weighted by Gasteiger charge is -2.26. The van der Waals surface area contributed by atoms with Crippen molar-refractivity contribution in [1.82, 2.24) is 9.21 Å². The third-order valence-electron chi connectivity index (χ3n) is 5.45. The lowest BCUT2D eigenvalue weighted by atomic mass is 10.00. The average molecular weight is 402 g/mol. The summed E-state index contributed by atoms with van der Waals surface area (Å²) in [5.74, 6) is 0.473. The second-order valence-electron chi connectivity index (χ2n) is 7.17. The van der Waals surface area contributed by atoms with E-state index in [4.69, 9.17) is 9.47 Å². The summed E-state index contributed by atoms with van der Waals surface area (Å²) >= 11 is 0. The number of para-hydroxylation sites is 1. The Bertz CT molecular complexity index is 928. The Balaban J connectivity index is 1.69. The minimum Gasteiger partial charge on any atom is -0.486 e. The maximum Gasteiger partial charge on any atom is 0.246 e. The molecule has 3 heterocycles. The quantitative estimate of drug-likeness (QED) is 0.692. The van der Waals surface area contributed by atoms with Gasteiger partial charge < -0.3 is 14.4 Å². The van der Waals surface area contributed by atoms with Crippen LogP contribution in [0.25, 0.3) is 0 Å². The van der Waals surface area contributed by atoms with Crippen LogP contribution in [-0.2, 0) is 19.9 Å². The summed E-state index contributed by atoms with van der Waals surface area (Å²) in [4.78, 5) is 1.91. The Hall–Kier alpha value is -1.36. The molecule has 3 aliphatic rings. The van der Waals surface area contributed by atoms with Gasteiger partial charge >= 0.3 is 0 Å². The Morgan fingerprint density at radius 3 is 2.62 bits per heavy atom. The molecule has 8 nitrogen and oxygen atoms in total. The zero-order valence-corrected chi connectivity index (χ0v) is 16.3. The molecule has 0 N–H and O–H groups in total. The average Bonchev–Trinajstić information content (AvgIpc) is 3.14. The number of sulfone groups is 1. The summed E-state index contributed by atoms with van der Waals surface area (Å²) in [5.41, 5.74) is 0. The zero-order chi connectivity index (χ0) is 18.7. The molecule has 2 saturated heterocycles. The fourth-order valence-corrected chi connectivity index (χ4v) is 8.33. The van der Waals surface area contributed by atoms with Gasteiger partial charge in [0.1, 0.15) is 18.1 Å². The van der Waals surface area contributed by atoms with Gasteiger partial charge in [0.2, 0.25) is 10.0 Å². The van der Waals surface area contributed by atoms with Gasteiger partial charge in [0.15, 0.2) is 21.3 Å². The molecule has 0 radical (unpaired) electrons. The molecule has 0 unspecified atom stereocenters. The first kappa shape index (κ1) is 18.0. The normalized spacial score (nSPS) is 30.5. The highest BCUT2D eigenvalue weighted by Gasteiger charge is 2.55. The molecule has 26 heavy (non-hydrogen) atoms. The van der Waals surface area contributed by atoms with Crippen LogP contribution in [0, 0.1) is 5.92 Å². The maximum atomic E-state index is 13.2. The summed E-state index contributed by atoms with van der Waals surface area (Å²) in [5, 5.41) is -0.651. The van der Waals surface area contributed by atoms with Gasteiger partial charge in [-0.05, 0) is 26.2 Å². The Labute approximate surface area is 153 Å². The number of fused-ring (bicyclic) bond motifs is 2. The number of sulfonamides is 1. The van der Waals surface area contributed by atoms with Crippen LogP contribution in [0.5, 0.6) is 11.5 Å². The van der Waals surface area contributed by atoms with E-state index in [0.29, 0.717) is 12.4 Å². The maximum absolute atomic E-state index is 13.2. The van der Waals surface area contributed by atoms with Gasteiger partial charge in [-0.2, -0.15) is 4.31 Å². The minimum atomic E-state index is -3.88. The molecule has 0 saturated carbocycles. The van der Waals surface area contributed by atoms with E-state index in [-0.39, 0.29) is 48.1 Å².